The van der Waals surface area contributed by atoms with Crippen LogP contribution < -0.4 is 10.1 Å². The number of methoxy groups -OCH3 is 1. The van der Waals surface area contributed by atoms with E-state index in [0.717, 1.165) is 17.0 Å². The number of benzene rings is 2. The number of non-ortho nitro benzene ring substituents is 1. The molecule has 0 aliphatic carbocycles. The van der Waals surface area contributed by atoms with E-state index in [-0.39, 0.29) is 5.69 Å². The van der Waals surface area contributed by atoms with Crippen molar-refractivity contribution < 1.29 is 9.66 Å². The summed E-state index contributed by atoms with van der Waals surface area (Å²) in [6.45, 7) is 0. The first kappa shape index (κ1) is 18.1. The molecule has 2 aromatic carbocycles. The number of nitriles is 1. The smallest absolute Gasteiger partial charge is 0.269 e. The van der Waals surface area contributed by atoms with Crippen LogP contribution in [-0.4, -0.2) is 17.0 Å². The zero-order chi connectivity index (χ0) is 19.2. The van der Waals surface area contributed by atoms with E-state index in [1.807, 2.05) is 29.6 Å². The summed E-state index contributed by atoms with van der Waals surface area (Å²) in [5.41, 5.74) is 2.67. The molecule has 27 heavy (non-hydrogen) atoms. The largest absolute Gasteiger partial charge is 0.497 e. The number of nitrogens with zero attached hydrogens (tertiary/aromatic N) is 3. The number of anilines is 1. The van der Waals surface area contributed by atoms with Gasteiger partial charge in [-0.25, -0.2) is 4.98 Å². The summed E-state index contributed by atoms with van der Waals surface area (Å²) in [6, 6.07) is 15.6. The van der Waals surface area contributed by atoms with E-state index in [4.69, 9.17) is 4.74 Å². The fourth-order valence-corrected chi connectivity index (χ4v) is 3.08. The van der Waals surface area contributed by atoms with Crippen molar-refractivity contribution in [1.82, 2.24) is 4.98 Å². The fraction of sp³-hybridized carbons (Fsp3) is 0.0526. The van der Waals surface area contributed by atoms with Gasteiger partial charge in [-0.05, 0) is 24.3 Å². The SMILES string of the molecule is COc1cccc(-c2csc(C(C#N)=CNc3ccc([N+](=O)[O-])cc3)n2)c1. The minimum atomic E-state index is -0.462. The van der Waals surface area contributed by atoms with E-state index in [9.17, 15) is 15.4 Å². The molecule has 0 radical (unpaired) electrons. The van der Waals surface area contributed by atoms with Crippen LogP contribution in [0.1, 0.15) is 5.01 Å². The summed E-state index contributed by atoms with van der Waals surface area (Å²) in [6.07, 6.45) is 1.54. The third-order valence-corrected chi connectivity index (χ3v) is 4.56. The number of thiazole rings is 1. The number of ether oxygens (including phenoxy) is 1. The van der Waals surface area contributed by atoms with Crippen molar-refractivity contribution in [3.8, 4) is 23.1 Å². The molecule has 0 saturated carbocycles. The predicted octanol–water partition coefficient (Wildman–Crippen LogP) is 4.70. The molecule has 7 nitrogen and oxygen atoms in total. The molecule has 134 valence electrons. The number of rotatable bonds is 6. The molecule has 0 atom stereocenters. The molecule has 0 bridgehead atoms. The summed E-state index contributed by atoms with van der Waals surface area (Å²) in [5, 5.41) is 25.5. The molecule has 8 heteroatoms. The first-order valence-electron chi connectivity index (χ1n) is 7.82. The molecule has 0 amide bonds. The van der Waals surface area contributed by atoms with Crippen LogP contribution in [0.25, 0.3) is 16.8 Å². The Labute approximate surface area is 159 Å². The highest BCUT2D eigenvalue weighted by Gasteiger charge is 2.10. The first-order valence-corrected chi connectivity index (χ1v) is 8.70. The van der Waals surface area contributed by atoms with Gasteiger partial charge in [0.05, 0.1) is 17.7 Å². The number of allylic oxidation sites excluding steroid dienone is 1. The third-order valence-electron chi connectivity index (χ3n) is 3.68. The second kappa shape index (κ2) is 8.12. The Morgan fingerprint density at radius 2 is 2.11 bits per heavy atom. The highest BCUT2D eigenvalue weighted by molar-refractivity contribution is 7.11. The second-order valence-electron chi connectivity index (χ2n) is 5.39. The van der Waals surface area contributed by atoms with Crippen molar-refractivity contribution >= 4 is 28.3 Å². The summed E-state index contributed by atoms with van der Waals surface area (Å²) < 4.78 is 5.22. The molecule has 1 heterocycles. The molecule has 0 unspecified atom stereocenters. The van der Waals surface area contributed by atoms with Gasteiger partial charge in [-0.15, -0.1) is 11.3 Å². The van der Waals surface area contributed by atoms with Gasteiger partial charge < -0.3 is 10.1 Å². The van der Waals surface area contributed by atoms with Crippen LogP contribution in [0.2, 0.25) is 0 Å². The van der Waals surface area contributed by atoms with E-state index in [1.165, 1.54) is 29.7 Å². The first-order chi connectivity index (χ1) is 13.1. The van der Waals surface area contributed by atoms with Crippen LogP contribution in [0.3, 0.4) is 0 Å². The van der Waals surface area contributed by atoms with Gasteiger partial charge in [0.2, 0.25) is 0 Å². The van der Waals surface area contributed by atoms with Gasteiger partial charge >= 0.3 is 0 Å². The Balaban J connectivity index is 1.79. The van der Waals surface area contributed by atoms with E-state index >= 15 is 0 Å². The zero-order valence-electron chi connectivity index (χ0n) is 14.2. The molecule has 0 saturated heterocycles. The number of hydrogen-bond donors (Lipinski definition) is 1. The molecular formula is C19H14N4O3S. The lowest BCUT2D eigenvalue weighted by Crippen LogP contribution is -1.92. The van der Waals surface area contributed by atoms with Crippen LogP contribution in [-0.2, 0) is 0 Å². The van der Waals surface area contributed by atoms with E-state index in [0.29, 0.717) is 16.3 Å². The van der Waals surface area contributed by atoms with Gasteiger partial charge in [-0.2, -0.15) is 5.26 Å². The van der Waals surface area contributed by atoms with Crippen LogP contribution in [0, 0.1) is 21.4 Å². The maximum atomic E-state index is 10.7. The van der Waals surface area contributed by atoms with Gasteiger partial charge in [-0.1, -0.05) is 12.1 Å². The summed E-state index contributed by atoms with van der Waals surface area (Å²) in [5.74, 6) is 0.734. The average Bonchev–Trinajstić information content (AvgIpc) is 3.19. The van der Waals surface area contributed by atoms with Crippen molar-refractivity contribution in [1.29, 1.82) is 5.26 Å². The third kappa shape index (κ3) is 4.29. The standard InChI is InChI=1S/C19H14N4O3S/c1-26-17-4-2-3-13(9-17)18-12-27-19(22-18)14(10-20)11-21-15-5-7-16(8-6-15)23(24)25/h2-9,11-12,21H,1H3. The normalized spacial score (nSPS) is 10.9. The lowest BCUT2D eigenvalue weighted by atomic mass is 10.1. The molecular weight excluding hydrogens is 364 g/mol. The number of aromatic nitrogens is 1. The van der Waals surface area contributed by atoms with E-state index < -0.39 is 4.92 Å². The van der Waals surface area contributed by atoms with Crippen LogP contribution in [0.5, 0.6) is 5.75 Å². The Hall–Kier alpha value is -3.70. The highest BCUT2D eigenvalue weighted by Crippen LogP contribution is 2.28. The lowest BCUT2D eigenvalue weighted by Gasteiger charge is -2.02. The molecule has 1 N–H and O–H groups in total. The molecule has 3 rings (SSSR count). The molecule has 0 aliphatic heterocycles. The number of nitro groups is 1. The van der Waals surface area contributed by atoms with E-state index in [2.05, 4.69) is 16.4 Å². The summed E-state index contributed by atoms with van der Waals surface area (Å²) >= 11 is 1.36. The minimum Gasteiger partial charge on any atom is -0.497 e. The lowest BCUT2D eigenvalue weighted by molar-refractivity contribution is -0.384. The predicted molar refractivity (Wildman–Crippen MR) is 104 cm³/mol. The van der Waals surface area contributed by atoms with Crippen LogP contribution >= 0.6 is 11.3 Å². The molecule has 3 aromatic rings. The van der Waals surface area contributed by atoms with Crippen molar-refractivity contribution in [2.75, 3.05) is 12.4 Å². The molecule has 0 spiro atoms. The van der Waals surface area contributed by atoms with Gasteiger partial charge in [0.1, 0.15) is 22.4 Å². The van der Waals surface area contributed by atoms with Crippen LogP contribution in [0.4, 0.5) is 11.4 Å². The average molecular weight is 378 g/mol. The quantitative estimate of drug-likeness (QED) is 0.379. The van der Waals surface area contributed by atoms with Crippen molar-refractivity contribution in [3.63, 3.8) is 0 Å². The topological polar surface area (TPSA) is 101 Å². The van der Waals surface area contributed by atoms with Gasteiger partial charge in [-0.3, -0.25) is 10.1 Å². The van der Waals surface area contributed by atoms with Crippen molar-refractivity contribution in [3.05, 3.63) is 75.2 Å². The minimum absolute atomic E-state index is 0.00731. The Morgan fingerprint density at radius 3 is 2.78 bits per heavy atom. The molecule has 0 aliphatic rings. The Bertz CT molecular complexity index is 1040. The van der Waals surface area contributed by atoms with Gasteiger partial charge in [0.15, 0.2) is 0 Å². The summed E-state index contributed by atoms with van der Waals surface area (Å²) in [4.78, 5) is 14.7. The van der Waals surface area contributed by atoms with E-state index in [1.54, 1.807) is 19.2 Å². The maximum absolute atomic E-state index is 10.7. The number of hydrogen-bond acceptors (Lipinski definition) is 7. The molecule has 0 fully saturated rings. The highest BCUT2D eigenvalue weighted by atomic mass is 32.1. The van der Waals surface area contributed by atoms with Crippen molar-refractivity contribution in [2.24, 2.45) is 0 Å². The number of nitro benzene ring substituents is 1. The molecule has 1 aromatic heterocycles. The van der Waals surface area contributed by atoms with Crippen molar-refractivity contribution in [2.45, 2.75) is 0 Å². The fourth-order valence-electron chi connectivity index (χ4n) is 2.29. The Morgan fingerprint density at radius 1 is 1.33 bits per heavy atom. The van der Waals surface area contributed by atoms with Gasteiger partial charge in [0, 0.05) is 35.0 Å². The van der Waals surface area contributed by atoms with Gasteiger partial charge in [0.25, 0.3) is 5.69 Å². The second-order valence-corrected chi connectivity index (χ2v) is 6.25. The maximum Gasteiger partial charge on any atom is 0.269 e. The Kier molecular flexibility index (Phi) is 5.44. The van der Waals surface area contributed by atoms with Crippen LogP contribution in [0.15, 0.2) is 60.1 Å². The zero-order valence-corrected chi connectivity index (χ0v) is 15.1. The summed E-state index contributed by atoms with van der Waals surface area (Å²) in [7, 11) is 1.60. The monoisotopic (exact) mass is 378 g/mol. The number of nitrogens with one attached hydrogen (secondary N) is 1.